The minimum Gasteiger partial charge on any atom is -0.497 e. The Bertz CT molecular complexity index is 988. The van der Waals surface area contributed by atoms with Crippen LogP contribution in [0.4, 0.5) is 0 Å². The second-order valence-corrected chi connectivity index (χ2v) is 8.25. The lowest BCUT2D eigenvalue weighted by Gasteiger charge is -2.25. The molecule has 0 aliphatic carbocycles. The number of likely N-dealkylation sites (N-methyl/N-ethyl adjacent to an activating group) is 1. The Morgan fingerprint density at radius 1 is 1.19 bits per heavy atom. The number of ether oxygens (including phenoxy) is 1. The summed E-state index contributed by atoms with van der Waals surface area (Å²) in [5.41, 5.74) is 3.38. The van der Waals surface area contributed by atoms with E-state index >= 15 is 0 Å². The first-order valence-electron chi connectivity index (χ1n) is 10.2. The third-order valence-electron chi connectivity index (χ3n) is 5.10. The van der Waals surface area contributed by atoms with Crippen LogP contribution in [-0.4, -0.2) is 59.1 Å². The summed E-state index contributed by atoms with van der Waals surface area (Å²) in [5, 5.41) is 12.0. The highest BCUT2D eigenvalue weighted by molar-refractivity contribution is 7.99. The maximum atomic E-state index is 12.5. The Balaban J connectivity index is 1.59. The highest BCUT2D eigenvalue weighted by Gasteiger charge is 2.17. The molecule has 31 heavy (non-hydrogen) atoms. The van der Waals surface area contributed by atoms with Gasteiger partial charge in [-0.1, -0.05) is 49.0 Å². The number of aromatic nitrogens is 3. The molecule has 164 valence electrons. The number of nitrogens with one attached hydrogen (secondary N) is 1. The molecule has 0 saturated heterocycles. The lowest BCUT2D eigenvalue weighted by atomic mass is 10.1. The van der Waals surface area contributed by atoms with Crippen molar-refractivity contribution in [3.05, 3.63) is 66.0 Å². The molecule has 0 radical (unpaired) electrons. The number of hydrogen-bond acceptors (Lipinski definition) is 6. The molecule has 1 amide bonds. The van der Waals surface area contributed by atoms with Crippen LogP contribution >= 0.6 is 11.8 Å². The Morgan fingerprint density at radius 3 is 2.61 bits per heavy atom. The molecule has 8 heteroatoms. The number of para-hydroxylation sites is 1. The van der Waals surface area contributed by atoms with E-state index < -0.39 is 0 Å². The summed E-state index contributed by atoms with van der Waals surface area (Å²) in [6.45, 7) is 2.64. The van der Waals surface area contributed by atoms with E-state index in [2.05, 4.69) is 33.4 Å². The predicted molar refractivity (Wildman–Crippen MR) is 124 cm³/mol. The van der Waals surface area contributed by atoms with Gasteiger partial charge in [0.05, 0.1) is 24.6 Å². The van der Waals surface area contributed by atoms with Gasteiger partial charge >= 0.3 is 0 Å². The number of aryl methyl sites for hydroxylation is 1. The molecule has 1 aromatic heterocycles. The molecule has 0 bridgehead atoms. The van der Waals surface area contributed by atoms with E-state index in [0.717, 1.165) is 23.4 Å². The zero-order valence-electron chi connectivity index (χ0n) is 18.4. The zero-order chi connectivity index (χ0) is 22.2. The zero-order valence-corrected chi connectivity index (χ0v) is 19.2. The number of hydrogen-bond donors (Lipinski definition) is 1. The molecule has 0 aliphatic rings. The van der Waals surface area contributed by atoms with Crippen LogP contribution in [0, 0.1) is 0 Å². The van der Waals surface area contributed by atoms with Crippen molar-refractivity contribution in [3.8, 4) is 11.4 Å². The van der Waals surface area contributed by atoms with Crippen molar-refractivity contribution < 1.29 is 9.53 Å². The third-order valence-corrected chi connectivity index (χ3v) is 6.04. The van der Waals surface area contributed by atoms with E-state index in [4.69, 9.17) is 4.74 Å². The lowest BCUT2D eigenvalue weighted by molar-refractivity contribution is -0.118. The summed E-state index contributed by atoms with van der Waals surface area (Å²) in [4.78, 5) is 14.6. The monoisotopic (exact) mass is 439 g/mol. The van der Waals surface area contributed by atoms with Gasteiger partial charge in [-0.25, -0.2) is 0 Å². The molecule has 1 unspecified atom stereocenters. The Kier molecular flexibility index (Phi) is 8.08. The van der Waals surface area contributed by atoms with E-state index in [1.54, 1.807) is 13.4 Å². The normalized spacial score (nSPS) is 12.0. The lowest BCUT2D eigenvalue weighted by Crippen LogP contribution is -2.35. The Labute approximate surface area is 187 Å². The number of thioether (sulfide) groups is 1. The molecule has 0 spiro atoms. The number of methoxy groups -OCH3 is 1. The van der Waals surface area contributed by atoms with Gasteiger partial charge in [0.15, 0.2) is 5.16 Å². The van der Waals surface area contributed by atoms with E-state index in [-0.39, 0.29) is 17.7 Å². The van der Waals surface area contributed by atoms with Gasteiger partial charge in [-0.15, -0.1) is 10.2 Å². The Morgan fingerprint density at radius 2 is 1.94 bits per heavy atom. The molecule has 1 N–H and O–H groups in total. The first-order chi connectivity index (χ1) is 15.0. The van der Waals surface area contributed by atoms with Crippen molar-refractivity contribution in [2.45, 2.75) is 24.5 Å². The highest BCUT2D eigenvalue weighted by Crippen LogP contribution is 2.23. The fourth-order valence-electron chi connectivity index (χ4n) is 3.35. The number of amides is 1. The van der Waals surface area contributed by atoms with Gasteiger partial charge in [0.25, 0.3) is 0 Å². The second-order valence-electron chi connectivity index (χ2n) is 7.31. The largest absolute Gasteiger partial charge is 0.497 e. The Hall–Kier alpha value is -2.84. The fourth-order valence-corrected chi connectivity index (χ4v) is 4.10. The smallest absolute Gasteiger partial charge is 0.230 e. The molecule has 3 rings (SSSR count). The molecule has 0 aliphatic heterocycles. The van der Waals surface area contributed by atoms with E-state index in [0.29, 0.717) is 11.7 Å². The van der Waals surface area contributed by atoms with Crippen LogP contribution in [0.15, 0.2) is 60.0 Å². The van der Waals surface area contributed by atoms with Crippen LogP contribution in [0.2, 0.25) is 0 Å². The van der Waals surface area contributed by atoms with E-state index in [1.807, 2.05) is 61.1 Å². The van der Waals surface area contributed by atoms with Gasteiger partial charge in [-0.2, -0.15) is 0 Å². The molecule has 0 saturated carbocycles. The summed E-state index contributed by atoms with van der Waals surface area (Å²) >= 11 is 1.38. The summed E-state index contributed by atoms with van der Waals surface area (Å²) in [7, 11) is 5.66. The van der Waals surface area contributed by atoms with Gasteiger partial charge in [0.1, 0.15) is 12.1 Å². The average molecular weight is 440 g/mol. The predicted octanol–water partition coefficient (Wildman–Crippen LogP) is 3.35. The quantitative estimate of drug-likeness (QED) is 0.489. The molecule has 3 aromatic rings. The summed E-state index contributed by atoms with van der Waals surface area (Å²) < 4.78 is 7.17. The molecular weight excluding hydrogens is 410 g/mol. The van der Waals surface area contributed by atoms with Crippen molar-refractivity contribution in [1.29, 1.82) is 0 Å². The number of carbonyl (C=O) groups is 1. The molecule has 1 heterocycles. The topological polar surface area (TPSA) is 72.3 Å². The molecule has 2 aromatic carbocycles. The summed E-state index contributed by atoms with van der Waals surface area (Å²) in [6.07, 6.45) is 2.61. The van der Waals surface area contributed by atoms with Crippen molar-refractivity contribution in [1.82, 2.24) is 25.0 Å². The number of benzene rings is 2. The standard InChI is InChI=1S/C23H29N5O2S/c1-5-17-8-6-7-9-20(17)28-16-25-26-23(28)31-15-22(29)24-14-21(27(2)3)18-10-12-19(30-4)13-11-18/h6-13,16,21H,5,14-15H2,1-4H3,(H,24,29). The SMILES string of the molecule is CCc1ccccc1-n1cnnc1SCC(=O)NCC(c1ccc(OC)cc1)N(C)C. The van der Waals surface area contributed by atoms with Crippen LogP contribution in [0.1, 0.15) is 24.1 Å². The van der Waals surface area contributed by atoms with E-state index in [1.165, 1.54) is 17.3 Å². The maximum absolute atomic E-state index is 12.5. The third kappa shape index (κ3) is 5.86. The highest BCUT2D eigenvalue weighted by atomic mass is 32.2. The number of rotatable bonds is 10. The first-order valence-corrected chi connectivity index (χ1v) is 11.2. The van der Waals surface area contributed by atoms with Gasteiger partial charge < -0.3 is 15.0 Å². The second kappa shape index (κ2) is 11.0. The first kappa shape index (κ1) is 22.8. The van der Waals surface area contributed by atoms with Crippen LogP contribution in [0.25, 0.3) is 5.69 Å². The van der Waals surface area contributed by atoms with Gasteiger partial charge in [-0.3, -0.25) is 9.36 Å². The summed E-state index contributed by atoms with van der Waals surface area (Å²) in [6, 6.07) is 16.2. The number of carbonyl (C=O) groups excluding carboxylic acids is 1. The van der Waals surface area contributed by atoms with Crippen LogP contribution in [-0.2, 0) is 11.2 Å². The summed E-state index contributed by atoms with van der Waals surface area (Å²) in [5.74, 6) is 1.05. The van der Waals surface area contributed by atoms with Crippen molar-refractivity contribution in [2.75, 3.05) is 33.5 Å². The molecule has 1 atom stereocenters. The van der Waals surface area contributed by atoms with Crippen molar-refractivity contribution in [2.24, 2.45) is 0 Å². The average Bonchev–Trinajstić information content (AvgIpc) is 3.26. The van der Waals surface area contributed by atoms with Crippen LogP contribution in [0.3, 0.4) is 0 Å². The minimum atomic E-state index is -0.0383. The van der Waals surface area contributed by atoms with Gasteiger partial charge in [0, 0.05) is 6.54 Å². The molecular formula is C23H29N5O2S. The van der Waals surface area contributed by atoms with Crippen LogP contribution < -0.4 is 10.1 Å². The fraction of sp³-hybridized carbons (Fsp3) is 0.348. The van der Waals surface area contributed by atoms with Gasteiger partial charge in [-0.05, 0) is 49.8 Å². The van der Waals surface area contributed by atoms with Crippen LogP contribution in [0.5, 0.6) is 5.75 Å². The van der Waals surface area contributed by atoms with Gasteiger partial charge in [0.2, 0.25) is 5.91 Å². The minimum absolute atomic E-state index is 0.0383. The molecule has 7 nitrogen and oxygen atoms in total. The maximum Gasteiger partial charge on any atom is 0.230 e. The number of nitrogens with zero attached hydrogens (tertiary/aromatic N) is 4. The van der Waals surface area contributed by atoms with Crippen molar-refractivity contribution >= 4 is 17.7 Å². The van der Waals surface area contributed by atoms with Crippen molar-refractivity contribution in [3.63, 3.8) is 0 Å². The van der Waals surface area contributed by atoms with E-state index in [9.17, 15) is 4.79 Å². The molecule has 0 fully saturated rings.